The number of carboxylic acids is 1. The first kappa shape index (κ1) is 15.8. The van der Waals surface area contributed by atoms with E-state index in [2.05, 4.69) is 24.1 Å². The van der Waals surface area contributed by atoms with Crippen molar-refractivity contribution in [3.63, 3.8) is 0 Å². The van der Waals surface area contributed by atoms with Crippen molar-refractivity contribution >= 4 is 12.0 Å². The summed E-state index contributed by atoms with van der Waals surface area (Å²) < 4.78 is 0. The summed E-state index contributed by atoms with van der Waals surface area (Å²) in [5.74, 6) is -1.23. The van der Waals surface area contributed by atoms with E-state index in [0.717, 1.165) is 13.0 Å². The van der Waals surface area contributed by atoms with Gasteiger partial charge in [0.05, 0.1) is 5.92 Å². The third kappa shape index (κ3) is 5.06. The number of carboxylic acid groups (broad SMARTS) is 1. The number of carbonyl (C=O) groups is 2. The SMILES string of the molecule is CC(C)N(C)CCNC(=O)N1CCC[C@@H](C(=O)O)C1. The lowest BCUT2D eigenvalue weighted by Crippen LogP contribution is -2.48. The molecule has 0 aliphatic carbocycles. The van der Waals surface area contributed by atoms with Crippen LogP contribution in [0, 0.1) is 5.92 Å². The van der Waals surface area contributed by atoms with Crippen LogP contribution in [0.25, 0.3) is 0 Å². The van der Waals surface area contributed by atoms with E-state index in [1.54, 1.807) is 4.90 Å². The van der Waals surface area contributed by atoms with Gasteiger partial charge in [0.15, 0.2) is 0 Å². The summed E-state index contributed by atoms with van der Waals surface area (Å²) in [6, 6.07) is 0.298. The average Bonchev–Trinajstić information content (AvgIpc) is 2.38. The number of carbonyl (C=O) groups excluding carboxylic acids is 1. The van der Waals surface area contributed by atoms with Crippen LogP contribution in [0.3, 0.4) is 0 Å². The van der Waals surface area contributed by atoms with Gasteiger partial charge in [-0.15, -0.1) is 0 Å². The molecule has 0 aromatic heterocycles. The van der Waals surface area contributed by atoms with Crippen LogP contribution in [0.1, 0.15) is 26.7 Å². The molecule has 1 rings (SSSR count). The Labute approximate surface area is 114 Å². The number of nitrogens with zero attached hydrogens (tertiary/aromatic N) is 2. The maximum Gasteiger partial charge on any atom is 0.317 e. The molecule has 0 aromatic rings. The Balaban J connectivity index is 2.31. The largest absolute Gasteiger partial charge is 0.481 e. The van der Waals surface area contributed by atoms with Gasteiger partial charge >= 0.3 is 12.0 Å². The number of urea groups is 1. The van der Waals surface area contributed by atoms with E-state index in [4.69, 9.17) is 5.11 Å². The fourth-order valence-electron chi connectivity index (χ4n) is 2.07. The highest BCUT2D eigenvalue weighted by molar-refractivity contribution is 5.76. The predicted molar refractivity (Wildman–Crippen MR) is 73.1 cm³/mol. The van der Waals surface area contributed by atoms with E-state index in [1.165, 1.54) is 0 Å². The highest BCUT2D eigenvalue weighted by atomic mass is 16.4. The van der Waals surface area contributed by atoms with Crippen LogP contribution in [0.15, 0.2) is 0 Å². The summed E-state index contributed by atoms with van der Waals surface area (Å²) in [7, 11) is 2.01. The van der Waals surface area contributed by atoms with Gasteiger partial charge in [-0.05, 0) is 33.7 Å². The monoisotopic (exact) mass is 271 g/mol. The molecule has 110 valence electrons. The summed E-state index contributed by atoms with van der Waals surface area (Å²) in [6.07, 6.45) is 1.42. The number of nitrogens with one attached hydrogen (secondary N) is 1. The summed E-state index contributed by atoms with van der Waals surface area (Å²) >= 11 is 0. The lowest BCUT2D eigenvalue weighted by Gasteiger charge is -2.31. The summed E-state index contributed by atoms with van der Waals surface area (Å²) in [4.78, 5) is 26.6. The number of amides is 2. The molecule has 6 heteroatoms. The molecule has 0 radical (unpaired) electrons. The molecule has 1 atom stereocenters. The molecule has 1 heterocycles. The van der Waals surface area contributed by atoms with Crippen molar-refractivity contribution in [3.05, 3.63) is 0 Å². The van der Waals surface area contributed by atoms with Gasteiger partial charge in [0, 0.05) is 32.2 Å². The first-order valence-electron chi connectivity index (χ1n) is 6.87. The van der Waals surface area contributed by atoms with Gasteiger partial charge in [0.25, 0.3) is 0 Å². The third-order valence-corrected chi connectivity index (χ3v) is 3.68. The van der Waals surface area contributed by atoms with Crippen LogP contribution in [0.5, 0.6) is 0 Å². The smallest absolute Gasteiger partial charge is 0.317 e. The summed E-state index contributed by atoms with van der Waals surface area (Å²) in [5.41, 5.74) is 0. The zero-order chi connectivity index (χ0) is 14.4. The van der Waals surface area contributed by atoms with E-state index >= 15 is 0 Å². The molecule has 0 aromatic carbocycles. The first-order valence-corrected chi connectivity index (χ1v) is 6.87. The standard InChI is InChI=1S/C13H25N3O3/c1-10(2)15(3)8-6-14-13(19)16-7-4-5-11(9-16)12(17)18/h10-11H,4-9H2,1-3H3,(H,14,19)(H,17,18)/t11-/m1/s1. The molecule has 0 unspecified atom stereocenters. The quantitative estimate of drug-likeness (QED) is 0.777. The zero-order valence-corrected chi connectivity index (χ0v) is 12.1. The molecule has 0 spiro atoms. The van der Waals surface area contributed by atoms with Crippen molar-refractivity contribution in [2.24, 2.45) is 5.92 Å². The topological polar surface area (TPSA) is 72.9 Å². The van der Waals surface area contributed by atoms with Gasteiger partial charge in [0.2, 0.25) is 0 Å². The van der Waals surface area contributed by atoms with Crippen molar-refractivity contribution in [1.82, 2.24) is 15.1 Å². The van der Waals surface area contributed by atoms with E-state index in [1.807, 2.05) is 7.05 Å². The molecule has 2 N–H and O–H groups in total. The maximum atomic E-state index is 11.9. The fraction of sp³-hybridized carbons (Fsp3) is 0.846. The Morgan fingerprint density at radius 3 is 2.74 bits per heavy atom. The molecular formula is C13H25N3O3. The van der Waals surface area contributed by atoms with Crippen LogP contribution >= 0.6 is 0 Å². The van der Waals surface area contributed by atoms with Crippen molar-refractivity contribution in [2.75, 3.05) is 33.2 Å². The van der Waals surface area contributed by atoms with Crippen LogP contribution in [-0.4, -0.2) is 66.2 Å². The molecule has 2 amide bonds. The molecule has 0 bridgehead atoms. The lowest BCUT2D eigenvalue weighted by atomic mass is 9.99. The first-order chi connectivity index (χ1) is 8.91. The Morgan fingerprint density at radius 1 is 1.47 bits per heavy atom. The Morgan fingerprint density at radius 2 is 2.16 bits per heavy atom. The highest BCUT2D eigenvalue weighted by Crippen LogP contribution is 2.16. The Bertz CT molecular complexity index is 320. The van der Waals surface area contributed by atoms with Crippen LogP contribution < -0.4 is 5.32 Å². The van der Waals surface area contributed by atoms with Crippen molar-refractivity contribution in [3.8, 4) is 0 Å². The molecule has 0 saturated carbocycles. The van der Waals surface area contributed by atoms with Crippen molar-refractivity contribution < 1.29 is 14.7 Å². The van der Waals surface area contributed by atoms with Crippen LogP contribution in [-0.2, 0) is 4.79 Å². The number of piperidine rings is 1. The van der Waals surface area contributed by atoms with Crippen molar-refractivity contribution in [2.45, 2.75) is 32.7 Å². The predicted octanol–water partition coefficient (Wildman–Crippen LogP) is 0.833. The third-order valence-electron chi connectivity index (χ3n) is 3.68. The second kappa shape index (κ2) is 7.33. The summed E-state index contributed by atoms with van der Waals surface area (Å²) in [6.45, 7) is 6.55. The number of likely N-dealkylation sites (tertiary alicyclic amines) is 1. The maximum absolute atomic E-state index is 11.9. The summed E-state index contributed by atoms with van der Waals surface area (Å²) in [5, 5.41) is 11.8. The van der Waals surface area contributed by atoms with Gasteiger partial charge in [-0.3, -0.25) is 4.79 Å². The Hall–Kier alpha value is -1.30. The van der Waals surface area contributed by atoms with Gasteiger partial charge in [-0.25, -0.2) is 4.79 Å². The molecule has 1 aliphatic heterocycles. The van der Waals surface area contributed by atoms with E-state index in [0.29, 0.717) is 32.1 Å². The molecule has 1 saturated heterocycles. The number of rotatable bonds is 5. The van der Waals surface area contributed by atoms with Gasteiger partial charge in [0.1, 0.15) is 0 Å². The van der Waals surface area contributed by atoms with E-state index in [9.17, 15) is 9.59 Å². The van der Waals surface area contributed by atoms with E-state index < -0.39 is 11.9 Å². The zero-order valence-electron chi connectivity index (χ0n) is 12.1. The van der Waals surface area contributed by atoms with Gasteiger partial charge < -0.3 is 20.2 Å². The van der Waals surface area contributed by atoms with Gasteiger partial charge in [-0.1, -0.05) is 0 Å². The number of hydrogen-bond donors (Lipinski definition) is 2. The highest BCUT2D eigenvalue weighted by Gasteiger charge is 2.27. The minimum atomic E-state index is -0.808. The second-order valence-electron chi connectivity index (χ2n) is 5.43. The average molecular weight is 271 g/mol. The number of hydrogen-bond acceptors (Lipinski definition) is 3. The molecule has 1 fully saturated rings. The van der Waals surface area contributed by atoms with E-state index in [-0.39, 0.29) is 6.03 Å². The second-order valence-corrected chi connectivity index (χ2v) is 5.43. The number of likely N-dealkylation sites (N-methyl/N-ethyl adjacent to an activating group) is 1. The fourth-order valence-corrected chi connectivity index (χ4v) is 2.07. The van der Waals surface area contributed by atoms with Gasteiger partial charge in [-0.2, -0.15) is 0 Å². The van der Waals surface area contributed by atoms with Crippen LogP contribution in [0.4, 0.5) is 4.79 Å². The number of aliphatic carboxylic acids is 1. The minimum Gasteiger partial charge on any atom is -0.481 e. The molecule has 19 heavy (non-hydrogen) atoms. The molecular weight excluding hydrogens is 246 g/mol. The van der Waals surface area contributed by atoms with Crippen molar-refractivity contribution in [1.29, 1.82) is 0 Å². The molecule has 1 aliphatic rings. The molecule has 6 nitrogen and oxygen atoms in total. The normalized spacial score (nSPS) is 19.8. The lowest BCUT2D eigenvalue weighted by molar-refractivity contribution is -0.143. The minimum absolute atomic E-state index is 0.150. The van der Waals surface area contributed by atoms with Crippen LogP contribution in [0.2, 0.25) is 0 Å². The Kier molecular flexibility index (Phi) is 6.08.